The summed E-state index contributed by atoms with van der Waals surface area (Å²) in [5, 5.41) is 4.64. The molecule has 2 aliphatic heterocycles. The first kappa shape index (κ1) is 13.5. The molecule has 5 rings (SSSR count). The van der Waals surface area contributed by atoms with Gasteiger partial charge in [0.05, 0.1) is 17.9 Å². The van der Waals surface area contributed by atoms with Crippen LogP contribution in [0.4, 0.5) is 17.1 Å². The molecule has 22 heavy (non-hydrogen) atoms. The Balaban J connectivity index is 0.00000125. The Kier molecular flexibility index (Phi) is 3.04. The van der Waals surface area contributed by atoms with Gasteiger partial charge in [0.15, 0.2) is 0 Å². The van der Waals surface area contributed by atoms with Gasteiger partial charge in [0.2, 0.25) is 0 Å². The Hall–Kier alpha value is -2.14. The van der Waals surface area contributed by atoms with Gasteiger partial charge in [-0.1, -0.05) is 36.4 Å². The third kappa shape index (κ3) is 1.69. The van der Waals surface area contributed by atoms with Crippen molar-refractivity contribution in [2.45, 2.75) is 6.54 Å². The van der Waals surface area contributed by atoms with Crippen LogP contribution >= 0.6 is 0 Å². The minimum Gasteiger partial charge on any atom is -0.300 e. The number of hydrogen-bond donors (Lipinski definition) is 0. The second-order valence-corrected chi connectivity index (χ2v) is 5.45. The number of nitrogens with zero attached hydrogens (tertiary/aromatic N) is 2. The SMILES string of the molecule is [Li+].[c-]1cccc2c1N1Cc3ccccc3N1c1ccccc1-2. The number of para-hydroxylation sites is 3. The first-order valence-electron chi connectivity index (χ1n) is 7.19. The predicted molar refractivity (Wildman–Crippen MR) is 85.5 cm³/mol. The molecular weight excluding hydrogens is 263 g/mol. The molecular formula is C19H13LiN2. The Bertz CT molecular complexity index is 859. The van der Waals surface area contributed by atoms with E-state index in [1.54, 1.807) is 0 Å². The largest absolute Gasteiger partial charge is 1.00 e. The monoisotopic (exact) mass is 276 g/mol. The number of rotatable bonds is 0. The maximum absolute atomic E-state index is 3.42. The molecule has 2 aliphatic rings. The summed E-state index contributed by atoms with van der Waals surface area (Å²) in [5.41, 5.74) is 7.57. The third-order valence-electron chi connectivity index (χ3n) is 4.30. The molecule has 0 bridgehead atoms. The summed E-state index contributed by atoms with van der Waals surface area (Å²) in [6.07, 6.45) is 0. The standard InChI is InChI=1S/C19H13N2.Li/c1-4-10-17-14(7-1)13-20-18-11-5-2-8-15(18)16-9-3-6-12-19(16)21(17)20;/h1-10,12H,13H2;/q-1;+1. The van der Waals surface area contributed by atoms with Gasteiger partial charge in [-0.2, -0.15) is 24.3 Å². The van der Waals surface area contributed by atoms with Crippen LogP contribution < -0.4 is 28.9 Å². The normalized spacial score (nSPS) is 13.6. The van der Waals surface area contributed by atoms with Crippen LogP contribution in [0.2, 0.25) is 0 Å². The van der Waals surface area contributed by atoms with Gasteiger partial charge in [0, 0.05) is 0 Å². The zero-order valence-corrected chi connectivity index (χ0v) is 12.5. The van der Waals surface area contributed by atoms with Crippen molar-refractivity contribution in [2.24, 2.45) is 0 Å². The molecule has 3 aromatic rings. The molecule has 0 unspecified atom stereocenters. The Morgan fingerprint density at radius 2 is 1.50 bits per heavy atom. The predicted octanol–water partition coefficient (Wildman–Crippen LogP) is 1.54. The molecule has 0 spiro atoms. The summed E-state index contributed by atoms with van der Waals surface area (Å²) in [6.45, 7) is 0.901. The fourth-order valence-corrected chi connectivity index (χ4v) is 3.40. The second-order valence-electron chi connectivity index (χ2n) is 5.45. The molecule has 2 heterocycles. The molecule has 100 valence electrons. The van der Waals surface area contributed by atoms with E-state index in [-0.39, 0.29) is 18.9 Å². The number of hydrazine groups is 1. The molecule has 3 aromatic carbocycles. The van der Waals surface area contributed by atoms with Crippen LogP contribution in [0.5, 0.6) is 0 Å². The van der Waals surface area contributed by atoms with Crippen LogP contribution in [-0.4, -0.2) is 0 Å². The van der Waals surface area contributed by atoms with Crippen molar-refractivity contribution in [2.75, 3.05) is 10.0 Å². The molecule has 0 atom stereocenters. The molecule has 0 radical (unpaired) electrons. The molecule has 0 aliphatic carbocycles. The van der Waals surface area contributed by atoms with Gasteiger partial charge in [-0.3, -0.25) is 5.01 Å². The van der Waals surface area contributed by atoms with E-state index in [4.69, 9.17) is 0 Å². The first-order chi connectivity index (χ1) is 10.4. The van der Waals surface area contributed by atoms with Crippen LogP contribution in [0.3, 0.4) is 0 Å². The van der Waals surface area contributed by atoms with Crippen molar-refractivity contribution in [3.05, 3.63) is 78.4 Å². The van der Waals surface area contributed by atoms with Gasteiger partial charge in [-0.15, -0.1) is 5.56 Å². The van der Waals surface area contributed by atoms with Crippen LogP contribution in [0.15, 0.2) is 66.7 Å². The van der Waals surface area contributed by atoms with Crippen LogP contribution in [0, 0.1) is 6.07 Å². The smallest absolute Gasteiger partial charge is 0.300 e. The minimum absolute atomic E-state index is 0. The van der Waals surface area contributed by atoms with Crippen molar-refractivity contribution >= 4 is 17.1 Å². The molecule has 2 nitrogen and oxygen atoms in total. The number of fused-ring (bicyclic) bond motifs is 8. The second kappa shape index (κ2) is 4.95. The van der Waals surface area contributed by atoms with E-state index in [0.717, 1.165) is 12.2 Å². The van der Waals surface area contributed by atoms with Crippen molar-refractivity contribution in [3.63, 3.8) is 0 Å². The molecule has 0 saturated heterocycles. The van der Waals surface area contributed by atoms with E-state index in [9.17, 15) is 0 Å². The van der Waals surface area contributed by atoms with E-state index in [0.29, 0.717) is 0 Å². The van der Waals surface area contributed by atoms with Gasteiger partial charge < -0.3 is 5.01 Å². The zero-order chi connectivity index (χ0) is 13.8. The minimum atomic E-state index is 0. The van der Waals surface area contributed by atoms with Gasteiger partial charge in [-0.05, 0) is 28.9 Å². The Labute approximate surface area is 142 Å². The number of hydrogen-bond acceptors (Lipinski definition) is 2. The van der Waals surface area contributed by atoms with Gasteiger partial charge >= 0.3 is 18.9 Å². The van der Waals surface area contributed by atoms with E-state index in [2.05, 4.69) is 76.7 Å². The first-order valence-corrected chi connectivity index (χ1v) is 7.19. The maximum Gasteiger partial charge on any atom is 1.00 e. The van der Waals surface area contributed by atoms with Crippen molar-refractivity contribution in [1.82, 2.24) is 0 Å². The third-order valence-corrected chi connectivity index (χ3v) is 4.30. The Morgan fingerprint density at radius 3 is 2.41 bits per heavy atom. The fourth-order valence-electron chi connectivity index (χ4n) is 3.40. The van der Waals surface area contributed by atoms with Crippen molar-refractivity contribution in [3.8, 4) is 11.1 Å². The van der Waals surface area contributed by atoms with Gasteiger partial charge in [0.1, 0.15) is 0 Å². The average molecular weight is 276 g/mol. The van der Waals surface area contributed by atoms with Crippen molar-refractivity contribution < 1.29 is 18.9 Å². The summed E-state index contributed by atoms with van der Waals surface area (Å²) in [7, 11) is 0. The topological polar surface area (TPSA) is 6.48 Å². The molecule has 0 saturated carbocycles. The Morgan fingerprint density at radius 1 is 0.773 bits per heavy atom. The molecule has 0 aromatic heterocycles. The summed E-state index contributed by atoms with van der Waals surface area (Å²) in [4.78, 5) is 0. The van der Waals surface area contributed by atoms with Gasteiger partial charge in [-0.25, -0.2) is 0 Å². The van der Waals surface area contributed by atoms with E-state index in [1.165, 1.54) is 28.1 Å². The number of benzene rings is 3. The number of anilines is 3. The quantitative estimate of drug-likeness (QED) is 0.454. The van der Waals surface area contributed by atoms with Gasteiger partial charge in [0.25, 0.3) is 0 Å². The van der Waals surface area contributed by atoms with Crippen LogP contribution in [0.25, 0.3) is 11.1 Å². The zero-order valence-electron chi connectivity index (χ0n) is 12.5. The summed E-state index contributed by atoms with van der Waals surface area (Å²) < 4.78 is 0. The van der Waals surface area contributed by atoms with E-state index in [1.807, 2.05) is 6.07 Å². The molecule has 0 N–H and O–H groups in total. The molecule has 3 heteroatoms. The van der Waals surface area contributed by atoms with E-state index >= 15 is 0 Å². The molecule has 0 fully saturated rings. The van der Waals surface area contributed by atoms with E-state index < -0.39 is 0 Å². The summed E-state index contributed by atoms with van der Waals surface area (Å²) in [5.74, 6) is 0. The van der Waals surface area contributed by atoms with Crippen LogP contribution in [0.1, 0.15) is 5.56 Å². The summed E-state index contributed by atoms with van der Waals surface area (Å²) in [6, 6.07) is 26.9. The average Bonchev–Trinajstić information content (AvgIpc) is 2.95. The van der Waals surface area contributed by atoms with Crippen molar-refractivity contribution in [1.29, 1.82) is 0 Å². The fraction of sp³-hybridized carbons (Fsp3) is 0.0526. The molecule has 0 amide bonds. The summed E-state index contributed by atoms with van der Waals surface area (Å²) >= 11 is 0. The maximum atomic E-state index is 3.42. The van der Waals surface area contributed by atoms with Crippen LogP contribution in [-0.2, 0) is 6.54 Å².